The second kappa shape index (κ2) is 5.59. The van der Waals surface area contributed by atoms with E-state index in [1.165, 1.54) is 6.07 Å². The third-order valence-corrected chi connectivity index (χ3v) is 2.08. The van der Waals surface area contributed by atoms with Crippen molar-refractivity contribution in [3.8, 4) is 0 Å². The van der Waals surface area contributed by atoms with Gasteiger partial charge in [0.1, 0.15) is 0 Å². The van der Waals surface area contributed by atoms with Crippen molar-refractivity contribution in [1.29, 1.82) is 0 Å². The van der Waals surface area contributed by atoms with Crippen LogP contribution < -0.4 is 22.1 Å². The highest BCUT2D eigenvalue weighted by molar-refractivity contribution is 5.97. The van der Waals surface area contributed by atoms with Crippen molar-refractivity contribution < 1.29 is 14.7 Å². The van der Waals surface area contributed by atoms with E-state index in [9.17, 15) is 9.59 Å². The van der Waals surface area contributed by atoms with Gasteiger partial charge in [-0.2, -0.15) is 0 Å². The number of para-hydroxylation sites is 1. The molecule has 7 nitrogen and oxygen atoms in total. The van der Waals surface area contributed by atoms with Crippen LogP contribution in [0.5, 0.6) is 0 Å². The molecule has 0 unspecified atom stereocenters. The number of carbonyl (C=O) groups is 2. The topological polar surface area (TPSA) is 130 Å². The quantitative estimate of drug-likeness (QED) is 0.365. The predicted octanol–water partition coefficient (Wildman–Crippen LogP) is 0.0472. The minimum atomic E-state index is -1.08. The number of carboxylic acid groups (broad SMARTS) is 1. The van der Waals surface area contributed by atoms with Gasteiger partial charge in [-0.25, -0.2) is 9.59 Å². The molecule has 0 atom stereocenters. The lowest BCUT2D eigenvalue weighted by Gasteiger charge is -2.11. The molecule has 0 aliphatic carbocycles. The van der Waals surface area contributed by atoms with Gasteiger partial charge in [-0.05, 0) is 12.1 Å². The number of primary amides is 1. The summed E-state index contributed by atoms with van der Waals surface area (Å²) in [5, 5.41) is 14.1. The van der Waals surface area contributed by atoms with Gasteiger partial charge in [-0.15, -0.1) is 0 Å². The van der Waals surface area contributed by atoms with E-state index in [0.29, 0.717) is 18.8 Å². The summed E-state index contributed by atoms with van der Waals surface area (Å²) in [6, 6.07) is 4.05. The average Bonchev–Trinajstić information content (AvgIpc) is 2.25. The highest BCUT2D eigenvalue weighted by atomic mass is 16.4. The molecule has 1 rings (SSSR count). The fourth-order valence-electron chi connectivity index (χ4n) is 1.29. The number of hydrogen-bond donors (Lipinski definition) is 5. The van der Waals surface area contributed by atoms with E-state index in [4.69, 9.17) is 16.6 Å². The van der Waals surface area contributed by atoms with Crippen molar-refractivity contribution in [2.45, 2.75) is 0 Å². The molecule has 0 fully saturated rings. The van der Waals surface area contributed by atoms with Crippen LogP contribution in [0.3, 0.4) is 0 Å². The summed E-state index contributed by atoms with van der Waals surface area (Å²) in [7, 11) is 0. The lowest BCUT2D eigenvalue weighted by Crippen LogP contribution is -2.33. The van der Waals surface area contributed by atoms with E-state index in [2.05, 4.69) is 10.6 Å². The molecular weight excluding hydrogens is 224 g/mol. The molecule has 1 aromatic rings. The van der Waals surface area contributed by atoms with Crippen LogP contribution in [0.1, 0.15) is 10.4 Å². The molecular formula is C10H14N4O3. The molecule has 2 amide bonds. The van der Waals surface area contributed by atoms with Crippen LogP contribution in [-0.4, -0.2) is 30.2 Å². The number of aromatic carboxylic acids is 1. The fourth-order valence-corrected chi connectivity index (χ4v) is 1.29. The zero-order chi connectivity index (χ0) is 12.8. The first-order valence-electron chi connectivity index (χ1n) is 4.91. The van der Waals surface area contributed by atoms with Gasteiger partial charge in [-0.1, -0.05) is 6.07 Å². The van der Waals surface area contributed by atoms with Gasteiger partial charge >= 0.3 is 12.0 Å². The van der Waals surface area contributed by atoms with E-state index in [-0.39, 0.29) is 11.3 Å². The predicted molar refractivity (Wildman–Crippen MR) is 63.9 cm³/mol. The van der Waals surface area contributed by atoms with Gasteiger partial charge in [0.05, 0.1) is 16.9 Å². The van der Waals surface area contributed by atoms with Crippen LogP contribution in [0.4, 0.5) is 16.2 Å². The van der Waals surface area contributed by atoms with Gasteiger partial charge in [0.2, 0.25) is 0 Å². The van der Waals surface area contributed by atoms with E-state index in [1.54, 1.807) is 12.1 Å². The maximum absolute atomic E-state index is 10.8. The number of nitrogen functional groups attached to an aromatic ring is 1. The monoisotopic (exact) mass is 238 g/mol. The van der Waals surface area contributed by atoms with Crippen molar-refractivity contribution in [2.24, 2.45) is 5.73 Å². The van der Waals surface area contributed by atoms with Gasteiger partial charge in [0.15, 0.2) is 0 Å². The Morgan fingerprint density at radius 3 is 2.59 bits per heavy atom. The maximum atomic E-state index is 10.8. The smallest absolute Gasteiger partial charge is 0.337 e. The van der Waals surface area contributed by atoms with Crippen molar-refractivity contribution in [3.63, 3.8) is 0 Å². The standard InChI is InChI=1S/C10H14N4O3/c11-8-6(9(15)16)2-1-3-7(8)13-4-5-14-10(12)17/h1-3,13H,4-5,11H2,(H,15,16)(H3,12,14,17). The number of nitrogens with one attached hydrogen (secondary N) is 2. The van der Waals surface area contributed by atoms with Crippen LogP contribution in [0.2, 0.25) is 0 Å². The van der Waals surface area contributed by atoms with E-state index in [1.807, 2.05) is 0 Å². The molecule has 0 aromatic heterocycles. The summed E-state index contributed by atoms with van der Waals surface area (Å²) in [6.07, 6.45) is 0. The lowest BCUT2D eigenvalue weighted by atomic mass is 10.1. The van der Waals surface area contributed by atoms with Gasteiger partial charge in [0, 0.05) is 13.1 Å². The zero-order valence-corrected chi connectivity index (χ0v) is 9.06. The van der Waals surface area contributed by atoms with E-state index >= 15 is 0 Å². The number of carbonyl (C=O) groups excluding carboxylic acids is 1. The summed E-state index contributed by atoms with van der Waals surface area (Å²) >= 11 is 0. The number of amides is 2. The molecule has 0 aliphatic rings. The number of carboxylic acids is 1. The van der Waals surface area contributed by atoms with Gasteiger partial charge in [0.25, 0.3) is 0 Å². The van der Waals surface area contributed by atoms with Crippen LogP contribution >= 0.6 is 0 Å². The molecule has 17 heavy (non-hydrogen) atoms. The number of nitrogens with two attached hydrogens (primary N) is 2. The van der Waals surface area contributed by atoms with Crippen LogP contribution in [0.15, 0.2) is 18.2 Å². The molecule has 0 heterocycles. The molecule has 0 saturated carbocycles. The van der Waals surface area contributed by atoms with E-state index in [0.717, 1.165) is 0 Å². The summed E-state index contributed by atoms with van der Waals surface area (Å²) in [5.41, 5.74) is 11.3. The number of hydrogen-bond acceptors (Lipinski definition) is 4. The SMILES string of the molecule is NC(=O)NCCNc1cccc(C(=O)O)c1N. The molecule has 0 spiro atoms. The van der Waals surface area contributed by atoms with Crippen molar-refractivity contribution in [3.05, 3.63) is 23.8 Å². The molecule has 0 radical (unpaired) electrons. The third-order valence-electron chi connectivity index (χ3n) is 2.08. The molecule has 0 bridgehead atoms. The minimum absolute atomic E-state index is 0.0397. The van der Waals surface area contributed by atoms with Crippen molar-refractivity contribution in [2.75, 3.05) is 24.1 Å². The Labute approximate surface area is 97.8 Å². The number of urea groups is 1. The second-order valence-corrected chi connectivity index (χ2v) is 3.29. The summed E-state index contributed by atoms with van der Waals surface area (Å²) in [5.74, 6) is -1.08. The summed E-state index contributed by atoms with van der Waals surface area (Å²) in [6.45, 7) is 0.724. The average molecular weight is 238 g/mol. The molecule has 7 N–H and O–H groups in total. The molecule has 1 aromatic carbocycles. The summed E-state index contributed by atoms with van der Waals surface area (Å²) in [4.78, 5) is 21.2. The van der Waals surface area contributed by atoms with E-state index < -0.39 is 12.0 Å². The molecule has 92 valence electrons. The second-order valence-electron chi connectivity index (χ2n) is 3.29. The highest BCUT2D eigenvalue weighted by Gasteiger charge is 2.10. The van der Waals surface area contributed by atoms with Gasteiger partial charge < -0.3 is 27.2 Å². The van der Waals surface area contributed by atoms with Crippen LogP contribution in [-0.2, 0) is 0 Å². The Balaban J connectivity index is 2.62. The Hall–Kier alpha value is -2.44. The van der Waals surface area contributed by atoms with Crippen molar-refractivity contribution >= 4 is 23.4 Å². The first-order chi connectivity index (χ1) is 8.02. The minimum Gasteiger partial charge on any atom is -0.478 e. The number of anilines is 2. The maximum Gasteiger partial charge on any atom is 0.337 e. The highest BCUT2D eigenvalue weighted by Crippen LogP contribution is 2.22. The summed E-state index contributed by atoms with van der Waals surface area (Å²) < 4.78 is 0. The Morgan fingerprint density at radius 1 is 1.29 bits per heavy atom. The largest absolute Gasteiger partial charge is 0.478 e. The zero-order valence-electron chi connectivity index (χ0n) is 9.06. The first-order valence-corrected chi connectivity index (χ1v) is 4.91. The Kier molecular flexibility index (Phi) is 4.15. The molecule has 0 aliphatic heterocycles. The molecule has 7 heteroatoms. The molecule has 0 saturated heterocycles. The normalized spacial score (nSPS) is 9.65. The fraction of sp³-hybridized carbons (Fsp3) is 0.200. The number of benzene rings is 1. The van der Waals surface area contributed by atoms with Crippen molar-refractivity contribution in [1.82, 2.24) is 5.32 Å². The Bertz CT molecular complexity index is 434. The first kappa shape index (κ1) is 12.6. The number of rotatable bonds is 5. The van der Waals surface area contributed by atoms with Gasteiger partial charge in [-0.3, -0.25) is 0 Å². The lowest BCUT2D eigenvalue weighted by molar-refractivity contribution is 0.0698. The van der Waals surface area contributed by atoms with Crippen LogP contribution in [0.25, 0.3) is 0 Å². The van der Waals surface area contributed by atoms with Crippen LogP contribution in [0, 0.1) is 0 Å². The third kappa shape index (κ3) is 3.56. The Morgan fingerprint density at radius 2 is 2.00 bits per heavy atom.